The molecule has 1 unspecified atom stereocenters. The van der Waals surface area contributed by atoms with Crippen LogP contribution in [0.4, 0.5) is 5.69 Å². The zero-order valence-electron chi connectivity index (χ0n) is 15.1. The maximum atomic E-state index is 12.5. The predicted octanol–water partition coefficient (Wildman–Crippen LogP) is 1.43. The summed E-state index contributed by atoms with van der Waals surface area (Å²) in [5.41, 5.74) is 2.52. The minimum Gasteiger partial charge on any atom is -0.322 e. The monoisotopic (exact) mass is 385 g/mol. The number of benzene rings is 2. The van der Waals surface area contributed by atoms with Crippen molar-refractivity contribution in [2.75, 3.05) is 32.0 Å². The topological polar surface area (TPSA) is 66.2 Å². The summed E-state index contributed by atoms with van der Waals surface area (Å²) in [6, 6.07) is 16.9. The highest BCUT2D eigenvalue weighted by atomic mass is 35.5. The van der Waals surface area contributed by atoms with Crippen LogP contribution in [0.3, 0.4) is 0 Å². The number of carbonyl (C=O) groups excluding carboxylic acids is 2. The lowest BCUT2D eigenvalue weighted by Crippen LogP contribution is -3.11. The van der Waals surface area contributed by atoms with Crippen LogP contribution in [-0.4, -0.2) is 49.2 Å². The maximum Gasteiger partial charge on any atom is 0.297 e. The first-order valence-corrected chi connectivity index (χ1v) is 9.19. The summed E-state index contributed by atoms with van der Waals surface area (Å²) in [5, 5.41) is 9.19. The van der Waals surface area contributed by atoms with E-state index in [-0.39, 0.29) is 24.9 Å². The first kappa shape index (κ1) is 19.1. The fourth-order valence-corrected chi connectivity index (χ4v) is 3.10. The van der Waals surface area contributed by atoms with Gasteiger partial charge >= 0.3 is 0 Å². The Morgan fingerprint density at radius 1 is 1.11 bits per heavy atom. The van der Waals surface area contributed by atoms with Crippen LogP contribution < -0.4 is 10.2 Å². The highest BCUT2D eigenvalue weighted by Gasteiger charge is 2.24. The van der Waals surface area contributed by atoms with E-state index in [0.717, 1.165) is 22.6 Å². The van der Waals surface area contributed by atoms with Gasteiger partial charge in [-0.15, -0.1) is 0 Å². The van der Waals surface area contributed by atoms with E-state index in [2.05, 4.69) is 10.4 Å². The SMILES string of the molecule is C[NH+](CC(=O)Nc1ccccc1Cl)CC(=O)N1CCC(c2ccccc2)=N1. The maximum absolute atomic E-state index is 12.5. The van der Waals surface area contributed by atoms with Gasteiger partial charge in [-0.05, 0) is 17.7 Å². The number of likely N-dealkylation sites (N-methyl/N-ethyl adjacent to an activating group) is 1. The van der Waals surface area contributed by atoms with E-state index in [0.29, 0.717) is 17.3 Å². The quantitative estimate of drug-likeness (QED) is 0.790. The number of halogens is 1. The van der Waals surface area contributed by atoms with E-state index < -0.39 is 0 Å². The van der Waals surface area contributed by atoms with Gasteiger partial charge in [-0.25, -0.2) is 5.01 Å². The number of carbonyl (C=O) groups is 2. The van der Waals surface area contributed by atoms with E-state index in [9.17, 15) is 9.59 Å². The zero-order valence-corrected chi connectivity index (χ0v) is 15.9. The molecule has 0 saturated carbocycles. The summed E-state index contributed by atoms with van der Waals surface area (Å²) in [7, 11) is 1.81. The van der Waals surface area contributed by atoms with Gasteiger partial charge in [0.1, 0.15) is 0 Å². The van der Waals surface area contributed by atoms with Crippen LogP contribution in [0, 0.1) is 0 Å². The van der Waals surface area contributed by atoms with Crippen LogP contribution in [0.5, 0.6) is 0 Å². The van der Waals surface area contributed by atoms with Gasteiger partial charge in [-0.1, -0.05) is 54.1 Å². The lowest BCUT2D eigenvalue weighted by Gasteiger charge is -2.16. The largest absolute Gasteiger partial charge is 0.322 e. The molecule has 0 radical (unpaired) electrons. The molecule has 0 spiro atoms. The Bertz CT molecular complexity index is 854. The third-order valence-electron chi connectivity index (χ3n) is 4.26. The molecule has 1 atom stereocenters. The minimum atomic E-state index is -0.191. The average molecular weight is 386 g/mol. The zero-order chi connectivity index (χ0) is 19.2. The molecule has 0 bridgehead atoms. The van der Waals surface area contributed by atoms with Crippen LogP contribution in [0.1, 0.15) is 12.0 Å². The lowest BCUT2D eigenvalue weighted by atomic mass is 10.1. The van der Waals surface area contributed by atoms with Crippen molar-refractivity contribution in [2.45, 2.75) is 6.42 Å². The molecule has 0 aliphatic carbocycles. The second kappa shape index (κ2) is 8.79. The number of para-hydroxylation sites is 1. The van der Waals surface area contributed by atoms with Crippen LogP contribution in [0.2, 0.25) is 5.02 Å². The third-order valence-corrected chi connectivity index (χ3v) is 4.59. The molecule has 6 nitrogen and oxygen atoms in total. The standard InChI is InChI=1S/C20H21ClN4O2/c1-24(13-19(26)22-18-10-6-5-9-16(18)21)14-20(27)25-12-11-17(23-25)15-7-3-2-4-8-15/h2-10H,11-14H2,1H3,(H,22,26)/p+1. The fourth-order valence-electron chi connectivity index (χ4n) is 2.91. The van der Waals surface area contributed by atoms with Crippen LogP contribution in [-0.2, 0) is 9.59 Å². The number of anilines is 1. The lowest BCUT2D eigenvalue weighted by molar-refractivity contribution is -0.862. The Morgan fingerprint density at radius 2 is 1.81 bits per heavy atom. The Morgan fingerprint density at radius 3 is 2.56 bits per heavy atom. The van der Waals surface area contributed by atoms with Gasteiger partial charge in [0.2, 0.25) is 0 Å². The summed E-state index contributed by atoms with van der Waals surface area (Å²) in [5.74, 6) is -0.285. The summed E-state index contributed by atoms with van der Waals surface area (Å²) in [4.78, 5) is 25.4. The summed E-state index contributed by atoms with van der Waals surface area (Å²) < 4.78 is 0. The molecule has 2 N–H and O–H groups in total. The predicted molar refractivity (Wildman–Crippen MR) is 106 cm³/mol. The molecule has 1 heterocycles. The number of nitrogens with zero attached hydrogens (tertiary/aromatic N) is 2. The average Bonchev–Trinajstić information content (AvgIpc) is 3.14. The van der Waals surface area contributed by atoms with Crippen molar-refractivity contribution < 1.29 is 14.5 Å². The molecule has 2 aromatic carbocycles. The fraction of sp³-hybridized carbons (Fsp3) is 0.250. The number of hydrogen-bond donors (Lipinski definition) is 2. The molecule has 1 aliphatic heterocycles. The number of hydrazone groups is 1. The van der Waals surface area contributed by atoms with E-state index in [1.807, 2.05) is 37.4 Å². The van der Waals surface area contributed by atoms with Gasteiger partial charge < -0.3 is 10.2 Å². The van der Waals surface area contributed by atoms with E-state index in [1.165, 1.54) is 5.01 Å². The van der Waals surface area contributed by atoms with Crippen molar-refractivity contribution in [3.63, 3.8) is 0 Å². The Kier molecular flexibility index (Phi) is 6.21. The normalized spacial score (nSPS) is 14.6. The van der Waals surface area contributed by atoms with Gasteiger partial charge in [-0.3, -0.25) is 9.59 Å². The van der Waals surface area contributed by atoms with Crippen LogP contribution >= 0.6 is 11.6 Å². The van der Waals surface area contributed by atoms with E-state index in [4.69, 9.17) is 11.6 Å². The van der Waals surface area contributed by atoms with Crippen molar-refractivity contribution >= 4 is 34.8 Å². The Hall–Kier alpha value is -2.70. The Balaban J connectivity index is 1.51. The van der Waals surface area contributed by atoms with Crippen molar-refractivity contribution in [1.82, 2.24) is 5.01 Å². The van der Waals surface area contributed by atoms with E-state index >= 15 is 0 Å². The molecule has 0 aromatic heterocycles. The van der Waals surface area contributed by atoms with E-state index in [1.54, 1.807) is 24.3 Å². The molecule has 0 saturated heterocycles. The molecule has 0 fully saturated rings. The summed E-state index contributed by atoms with van der Waals surface area (Å²) in [6.07, 6.45) is 0.738. The minimum absolute atomic E-state index is 0.0935. The molecular formula is C20H22ClN4O2+. The highest BCUT2D eigenvalue weighted by Crippen LogP contribution is 2.19. The number of nitrogens with one attached hydrogen (secondary N) is 2. The summed E-state index contributed by atoms with van der Waals surface area (Å²) >= 11 is 6.04. The summed E-state index contributed by atoms with van der Waals surface area (Å²) in [6.45, 7) is 0.934. The number of amides is 2. The van der Waals surface area contributed by atoms with Gasteiger partial charge in [0.15, 0.2) is 13.1 Å². The van der Waals surface area contributed by atoms with Crippen LogP contribution in [0.15, 0.2) is 59.7 Å². The third kappa shape index (κ3) is 5.15. The highest BCUT2D eigenvalue weighted by molar-refractivity contribution is 6.33. The van der Waals surface area contributed by atoms with Crippen molar-refractivity contribution in [2.24, 2.45) is 5.10 Å². The van der Waals surface area contributed by atoms with Gasteiger partial charge in [-0.2, -0.15) is 5.10 Å². The van der Waals surface area contributed by atoms with Crippen molar-refractivity contribution in [3.05, 3.63) is 65.2 Å². The Labute approximate surface area is 163 Å². The van der Waals surface area contributed by atoms with Crippen molar-refractivity contribution in [1.29, 1.82) is 0 Å². The van der Waals surface area contributed by atoms with Gasteiger partial charge in [0, 0.05) is 6.42 Å². The van der Waals surface area contributed by atoms with Crippen molar-refractivity contribution in [3.8, 4) is 0 Å². The van der Waals surface area contributed by atoms with Gasteiger partial charge in [0.05, 0.1) is 30.0 Å². The second-order valence-electron chi connectivity index (χ2n) is 6.52. The molecule has 27 heavy (non-hydrogen) atoms. The molecular weight excluding hydrogens is 364 g/mol. The molecule has 140 valence electrons. The first-order valence-electron chi connectivity index (χ1n) is 8.82. The van der Waals surface area contributed by atoms with Gasteiger partial charge in [0.25, 0.3) is 11.8 Å². The molecule has 2 aromatic rings. The number of hydrogen-bond acceptors (Lipinski definition) is 3. The molecule has 3 rings (SSSR count). The number of quaternary nitrogens is 1. The molecule has 1 aliphatic rings. The molecule has 7 heteroatoms. The smallest absolute Gasteiger partial charge is 0.297 e. The number of rotatable bonds is 6. The second-order valence-corrected chi connectivity index (χ2v) is 6.93. The van der Waals surface area contributed by atoms with Crippen LogP contribution in [0.25, 0.3) is 0 Å². The first-order chi connectivity index (χ1) is 13.0. The molecule has 2 amide bonds.